The number of aromatic hydroxyl groups is 1. The smallest absolute Gasteiger partial charge is 0.322 e. The predicted molar refractivity (Wildman–Crippen MR) is 114 cm³/mol. The molecule has 1 fully saturated rings. The molecule has 1 aliphatic heterocycles. The molecule has 1 aliphatic rings. The fourth-order valence-corrected chi connectivity index (χ4v) is 4.08. The molecule has 5 rings (SSSR count). The lowest BCUT2D eigenvalue weighted by Gasteiger charge is -2.27. The van der Waals surface area contributed by atoms with Gasteiger partial charge < -0.3 is 15.0 Å². The maximum atomic E-state index is 13.6. The van der Waals surface area contributed by atoms with Gasteiger partial charge in [-0.1, -0.05) is 36.4 Å². The Balaban J connectivity index is 1.56. The summed E-state index contributed by atoms with van der Waals surface area (Å²) in [6, 6.07) is 16.3. The van der Waals surface area contributed by atoms with Gasteiger partial charge >= 0.3 is 6.03 Å². The molecule has 0 bridgehead atoms. The molecule has 3 N–H and O–H groups in total. The fourth-order valence-electron chi connectivity index (χ4n) is 4.08. The van der Waals surface area contributed by atoms with Gasteiger partial charge in [0.15, 0.2) is 11.4 Å². The third-order valence-corrected chi connectivity index (χ3v) is 5.73. The van der Waals surface area contributed by atoms with Gasteiger partial charge in [0.1, 0.15) is 11.6 Å². The molecule has 6 nitrogen and oxygen atoms in total. The van der Waals surface area contributed by atoms with Crippen LogP contribution in [0.15, 0.2) is 72.9 Å². The van der Waals surface area contributed by atoms with E-state index in [9.17, 15) is 23.5 Å². The highest BCUT2D eigenvalue weighted by atomic mass is 19.1. The Morgan fingerprint density at radius 2 is 1.50 bits per heavy atom. The number of amides is 3. The largest absolute Gasteiger partial charge is 0.494 e. The second-order valence-corrected chi connectivity index (χ2v) is 7.71. The van der Waals surface area contributed by atoms with E-state index in [-0.39, 0.29) is 18.2 Å². The number of fused-ring (bicyclic) bond motifs is 1. The SMILES string of the molecule is O=C1NC(=O)[C@](Cn2cc3ccc(F)cc3c2O)(c2ccc(-c3ccc(F)cc3)cc2)N1. The quantitative estimate of drug-likeness (QED) is 0.425. The van der Waals surface area contributed by atoms with Gasteiger partial charge in [0, 0.05) is 17.0 Å². The molecule has 3 aromatic carbocycles. The first-order chi connectivity index (χ1) is 15.4. The molecule has 0 saturated carbocycles. The molecule has 160 valence electrons. The third kappa shape index (κ3) is 3.17. The molecule has 4 aromatic rings. The molecule has 0 radical (unpaired) electrons. The summed E-state index contributed by atoms with van der Waals surface area (Å²) in [6.07, 6.45) is 1.59. The van der Waals surface area contributed by atoms with Crippen molar-refractivity contribution >= 4 is 22.7 Å². The van der Waals surface area contributed by atoms with E-state index in [1.165, 1.54) is 34.9 Å². The second kappa shape index (κ2) is 7.19. The summed E-state index contributed by atoms with van der Waals surface area (Å²) in [4.78, 5) is 24.9. The Kier molecular flexibility index (Phi) is 4.44. The number of nitrogens with one attached hydrogen (secondary N) is 2. The number of benzene rings is 3. The zero-order valence-electron chi connectivity index (χ0n) is 16.6. The molecular formula is C24H17F2N3O3. The molecule has 0 spiro atoms. The van der Waals surface area contributed by atoms with E-state index in [0.717, 1.165) is 11.1 Å². The fraction of sp³-hybridized carbons (Fsp3) is 0.0833. The minimum atomic E-state index is -1.48. The molecule has 3 amide bonds. The molecule has 1 aromatic heterocycles. The Bertz CT molecular complexity index is 1360. The monoisotopic (exact) mass is 433 g/mol. The number of aromatic nitrogens is 1. The number of hydrogen-bond donors (Lipinski definition) is 3. The highest BCUT2D eigenvalue weighted by molar-refractivity contribution is 6.07. The summed E-state index contributed by atoms with van der Waals surface area (Å²) in [5.41, 5.74) is 0.612. The molecule has 8 heteroatoms. The molecule has 0 unspecified atom stereocenters. The van der Waals surface area contributed by atoms with E-state index >= 15 is 0 Å². The van der Waals surface area contributed by atoms with E-state index in [1.54, 1.807) is 42.6 Å². The molecule has 1 atom stereocenters. The number of imide groups is 1. The van der Waals surface area contributed by atoms with E-state index in [0.29, 0.717) is 16.3 Å². The van der Waals surface area contributed by atoms with Crippen LogP contribution >= 0.6 is 0 Å². The van der Waals surface area contributed by atoms with E-state index in [1.807, 2.05) is 0 Å². The zero-order chi connectivity index (χ0) is 22.5. The average molecular weight is 433 g/mol. The second-order valence-electron chi connectivity index (χ2n) is 7.71. The van der Waals surface area contributed by atoms with Crippen LogP contribution in [-0.4, -0.2) is 21.6 Å². The van der Waals surface area contributed by atoms with Crippen LogP contribution in [0.3, 0.4) is 0 Å². The van der Waals surface area contributed by atoms with Crippen molar-refractivity contribution in [1.29, 1.82) is 0 Å². The molecule has 2 heterocycles. The molecular weight excluding hydrogens is 416 g/mol. The summed E-state index contributed by atoms with van der Waals surface area (Å²) in [7, 11) is 0. The van der Waals surface area contributed by atoms with Crippen molar-refractivity contribution in [2.45, 2.75) is 12.1 Å². The van der Waals surface area contributed by atoms with Crippen molar-refractivity contribution in [3.63, 3.8) is 0 Å². The normalized spacial score (nSPS) is 18.1. The topological polar surface area (TPSA) is 83.4 Å². The maximum absolute atomic E-state index is 13.6. The van der Waals surface area contributed by atoms with Gasteiger partial charge in [-0.2, -0.15) is 0 Å². The average Bonchev–Trinajstić information content (AvgIpc) is 3.24. The van der Waals surface area contributed by atoms with Crippen LogP contribution < -0.4 is 10.6 Å². The lowest BCUT2D eigenvalue weighted by molar-refractivity contribution is -0.124. The lowest BCUT2D eigenvalue weighted by Crippen LogP contribution is -2.47. The van der Waals surface area contributed by atoms with Crippen molar-refractivity contribution in [1.82, 2.24) is 15.2 Å². The van der Waals surface area contributed by atoms with Gasteiger partial charge in [-0.05, 0) is 47.0 Å². The number of hydrogen-bond acceptors (Lipinski definition) is 3. The van der Waals surface area contributed by atoms with Crippen LogP contribution in [0, 0.1) is 11.6 Å². The van der Waals surface area contributed by atoms with Crippen LogP contribution in [0.4, 0.5) is 13.6 Å². The van der Waals surface area contributed by atoms with Gasteiger partial charge in [-0.25, -0.2) is 13.6 Å². The maximum Gasteiger partial charge on any atom is 0.322 e. The van der Waals surface area contributed by atoms with Gasteiger partial charge in [-0.15, -0.1) is 0 Å². The van der Waals surface area contributed by atoms with E-state index in [4.69, 9.17) is 0 Å². The first-order valence-corrected chi connectivity index (χ1v) is 9.83. The third-order valence-electron chi connectivity index (χ3n) is 5.73. The number of halogens is 2. The van der Waals surface area contributed by atoms with Crippen LogP contribution in [0.2, 0.25) is 0 Å². The van der Waals surface area contributed by atoms with Gasteiger partial charge in [-0.3, -0.25) is 10.1 Å². The molecule has 32 heavy (non-hydrogen) atoms. The Labute approximate surface area is 181 Å². The Hall–Kier alpha value is -4.20. The number of rotatable bonds is 4. The van der Waals surface area contributed by atoms with Crippen molar-refractivity contribution in [2.75, 3.05) is 0 Å². The minimum Gasteiger partial charge on any atom is -0.494 e. The highest BCUT2D eigenvalue weighted by Crippen LogP contribution is 2.34. The minimum absolute atomic E-state index is 0.109. The number of carbonyl (C=O) groups excluding carboxylic acids is 2. The van der Waals surface area contributed by atoms with Gasteiger partial charge in [0.05, 0.1) is 6.54 Å². The van der Waals surface area contributed by atoms with Crippen LogP contribution in [0.1, 0.15) is 5.56 Å². The van der Waals surface area contributed by atoms with Crippen LogP contribution in [0.5, 0.6) is 5.88 Å². The van der Waals surface area contributed by atoms with E-state index < -0.39 is 23.3 Å². The van der Waals surface area contributed by atoms with Crippen LogP contribution in [-0.2, 0) is 16.9 Å². The van der Waals surface area contributed by atoms with Crippen molar-refractivity contribution in [2.24, 2.45) is 0 Å². The van der Waals surface area contributed by atoms with Crippen molar-refractivity contribution in [3.8, 4) is 17.0 Å². The molecule has 0 aliphatic carbocycles. The van der Waals surface area contributed by atoms with Gasteiger partial charge in [0.2, 0.25) is 0 Å². The Morgan fingerprint density at radius 3 is 2.12 bits per heavy atom. The number of urea groups is 1. The predicted octanol–water partition coefficient (Wildman–Crippen LogP) is 4.03. The number of nitrogens with zero attached hydrogens (tertiary/aromatic N) is 1. The first-order valence-electron chi connectivity index (χ1n) is 9.83. The summed E-state index contributed by atoms with van der Waals surface area (Å²) in [6.45, 7) is -0.109. The highest BCUT2D eigenvalue weighted by Gasteiger charge is 2.48. The summed E-state index contributed by atoms with van der Waals surface area (Å²) >= 11 is 0. The Morgan fingerprint density at radius 1 is 0.875 bits per heavy atom. The summed E-state index contributed by atoms with van der Waals surface area (Å²) < 4.78 is 28.2. The van der Waals surface area contributed by atoms with E-state index in [2.05, 4.69) is 10.6 Å². The number of carbonyl (C=O) groups is 2. The first kappa shape index (κ1) is 19.7. The lowest BCUT2D eigenvalue weighted by atomic mass is 9.88. The zero-order valence-corrected chi connectivity index (χ0v) is 16.6. The van der Waals surface area contributed by atoms with Crippen LogP contribution in [0.25, 0.3) is 21.9 Å². The van der Waals surface area contributed by atoms with Crippen molar-refractivity contribution in [3.05, 3.63) is 90.1 Å². The standard InChI is InChI=1S/C24H17F2N3O3/c25-18-8-3-15(4-9-18)14-1-6-17(7-2-14)24(22(31)27-23(32)28-24)13-29-12-16-5-10-19(26)11-20(16)21(29)30/h1-12,30H,13H2,(H2,27,28,31,32)/t24-/m0/s1. The van der Waals surface area contributed by atoms with Gasteiger partial charge in [0.25, 0.3) is 5.91 Å². The molecule has 1 saturated heterocycles. The summed E-state index contributed by atoms with van der Waals surface area (Å²) in [5, 5.41) is 16.5. The van der Waals surface area contributed by atoms with Crippen molar-refractivity contribution < 1.29 is 23.5 Å². The summed E-state index contributed by atoms with van der Waals surface area (Å²) in [5.74, 6) is -1.62.